The van der Waals surface area contributed by atoms with Crippen LogP contribution >= 0.6 is 0 Å². The van der Waals surface area contributed by atoms with Crippen molar-refractivity contribution in [3.63, 3.8) is 0 Å². The standard InChI is InChI=1S/C14H31N/c1-6-8-9-10-12-15(7-2)13-11-14(3,4)5/h6-13H2,1-5H3. The van der Waals surface area contributed by atoms with Crippen LogP contribution in [0.5, 0.6) is 0 Å². The Labute approximate surface area is 97.2 Å². The maximum atomic E-state index is 2.60. The molecule has 0 aliphatic heterocycles. The molecular formula is C14H31N. The Morgan fingerprint density at radius 2 is 1.53 bits per heavy atom. The number of rotatable bonds is 8. The molecule has 1 heteroatoms. The van der Waals surface area contributed by atoms with Gasteiger partial charge in [0.25, 0.3) is 0 Å². The first kappa shape index (κ1) is 15.0. The molecule has 0 aliphatic carbocycles. The fourth-order valence-corrected chi connectivity index (χ4v) is 1.68. The highest BCUT2D eigenvalue weighted by atomic mass is 15.1. The summed E-state index contributed by atoms with van der Waals surface area (Å²) in [6, 6.07) is 0. The van der Waals surface area contributed by atoms with Gasteiger partial charge in [0.2, 0.25) is 0 Å². The molecule has 0 amide bonds. The first-order chi connectivity index (χ1) is 6.99. The minimum atomic E-state index is 0.483. The zero-order valence-electron chi connectivity index (χ0n) is 11.6. The van der Waals surface area contributed by atoms with E-state index in [4.69, 9.17) is 0 Å². The Kier molecular flexibility index (Phi) is 8.13. The second kappa shape index (κ2) is 8.15. The largest absolute Gasteiger partial charge is 0.304 e. The molecule has 0 N–H and O–H groups in total. The molecule has 0 aromatic carbocycles. The molecule has 0 unspecified atom stereocenters. The molecule has 0 atom stereocenters. The van der Waals surface area contributed by atoms with Crippen LogP contribution in [0.2, 0.25) is 0 Å². The highest BCUT2D eigenvalue weighted by Crippen LogP contribution is 2.18. The topological polar surface area (TPSA) is 3.24 Å². The predicted molar refractivity (Wildman–Crippen MR) is 70.3 cm³/mol. The lowest BCUT2D eigenvalue weighted by Crippen LogP contribution is -2.28. The van der Waals surface area contributed by atoms with E-state index in [1.165, 1.54) is 51.7 Å². The smallest absolute Gasteiger partial charge is 0.00139 e. The lowest BCUT2D eigenvalue weighted by atomic mass is 9.92. The van der Waals surface area contributed by atoms with Gasteiger partial charge in [0.05, 0.1) is 0 Å². The SMILES string of the molecule is CCCCCCN(CC)CCC(C)(C)C. The molecule has 0 heterocycles. The van der Waals surface area contributed by atoms with E-state index in [2.05, 4.69) is 39.5 Å². The van der Waals surface area contributed by atoms with Crippen molar-refractivity contribution < 1.29 is 0 Å². The average Bonchev–Trinajstić information content (AvgIpc) is 2.15. The van der Waals surface area contributed by atoms with Crippen LogP contribution < -0.4 is 0 Å². The number of hydrogen-bond donors (Lipinski definition) is 0. The van der Waals surface area contributed by atoms with Gasteiger partial charge in [0.15, 0.2) is 0 Å². The molecule has 0 bridgehead atoms. The van der Waals surface area contributed by atoms with Crippen molar-refractivity contribution in [1.29, 1.82) is 0 Å². The third kappa shape index (κ3) is 10.2. The zero-order chi connectivity index (χ0) is 11.7. The number of nitrogens with zero attached hydrogens (tertiary/aromatic N) is 1. The number of hydrogen-bond acceptors (Lipinski definition) is 1. The molecule has 0 spiro atoms. The molecule has 0 saturated heterocycles. The summed E-state index contributed by atoms with van der Waals surface area (Å²) < 4.78 is 0. The second-order valence-electron chi connectivity index (χ2n) is 5.81. The fraction of sp³-hybridized carbons (Fsp3) is 1.00. The van der Waals surface area contributed by atoms with Crippen molar-refractivity contribution in [2.45, 2.75) is 66.7 Å². The zero-order valence-corrected chi connectivity index (χ0v) is 11.6. The van der Waals surface area contributed by atoms with Gasteiger partial charge in [-0.3, -0.25) is 0 Å². The van der Waals surface area contributed by atoms with E-state index in [0.29, 0.717) is 5.41 Å². The summed E-state index contributed by atoms with van der Waals surface area (Å²) in [6.45, 7) is 15.3. The van der Waals surface area contributed by atoms with Crippen LogP contribution in [0.1, 0.15) is 66.7 Å². The molecule has 15 heavy (non-hydrogen) atoms. The van der Waals surface area contributed by atoms with E-state index in [0.717, 1.165) is 0 Å². The van der Waals surface area contributed by atoms with Crippen molar-refractivity contribution in [3.8, 4) is 0 Å². The van der Waals surface area contributed by atoms with E-state index in [1.807, 2.05) is 0 Å². The third-order valence-corrected chi connectivity index (χ3v) is 2.95. The van der Waals surface area contributed by atoms with Gasteiger partial charge in [0, 0.05) is 0 Å². The van der Waals surface area contributed by atoms with Gasteiger partial charge < -0.3 is 4.90 Å². The van der Waals surface area contributed by atoms with Crippen LogP contribution in [0.25, 0.3) is 0 Å². The van der Waals surface area contributed by atoms with Crippen LogP contribution in [0.15, 0.2) is 0 Å². The Morgan fingerprint density at radius 1 is 0.867 bits per heavy atom. The summed E-state index contributed by atoms with van der Waals surface area (Å²) in [5, 5.41) is 0. The van der Waals surface area contributed by atoms with E-state index >= 15 is 0 Å². The van der Waals surface area contributed by atoms with Crippen molar-refractivity contribution in [3.05, 3.63) is 0 Å². The summed E-state index contributed by atoms with van der Waals surface area (Å²) in [4.78, 5) is 2.60. The molecule has 0 aromatic rings. The third-order valence-electron chi connectivity index (χ3n) is 2.95. The highest BCUT2D eigenvalue weighted by Gasteiger charge is 2.11. The van der Waals surface area contributed by atoms with Gasteiger partial charge in [-0.15, -0.1) is 0 Å². The van der Waals surface area contributed by atoms with Gasteiger partial charge >= 0.3 is 0 Å². The Bertz CT molecular complexity index is 135. The summed E-state index contributed by atoms with van der Waals surface area (Å²) in [6.07, 6.45) is 6.84. The molecule has 0 radical (unpaired) electrons. The first-order valence-corrected chi connectivity index (χ1v) is 6.72. The van der Waals surface area contributed by atoms with Crippen molar-refractivity contribution in [2.24, 2.45) is 5.41 Å². The van der Waals surface area contributed by atoms with Gasteiger partial charge in [-0.1, -0.05) is 53.9 Å². The van der Waals surface area contributed by atoms with Gasteiger partial charge in [-0.05, 0) is 37.9 Å². The van der Waals surface area contributed by atoms with E-state index in [-0.39, 0.29) is 0 Å². The highest BCUT2D eigenvalue weighted by molar-refractivity contribution is 4.65. The van der Waals surface area contributed by atoms with Crippen LogP contribution in [0, 0.1) is 5.41 Å². The quantitative estimate of drug-likeness (QED) is 0.543. The summed E-state index contributed by atoms with van der Waals surface area (Å²) >= 11 is 0. The first-order valence-electron chi connectivity index (χ1n) is 6.72. The Morgan fingerprint density at radius 3 is 2.00 bits per heavy atom. The molecule has 1 nitrogen and oxygen atoms in total. The van der Waals surface area contributed by atoms with E-state index < -0.39 is 0 Å². The summed E-state index contributed by atoms with van der Waals surface area (Å²) in [5.74, 6) is 0. The molecular weight excluding hydrogens is 182 g/mol. The maximum Gasteiger partial charge on any atom is -0.00139 e. The summed E-state index contributed by atoms with van der Waals surface area (Å²) in [5.41, 5.74) is 0.483. The van der Waals surface area contributed by atoms with Crippen LogP contribution in [-0.2, 0) is 0 Å². The van der Waals surface area contributed by atoms with E-state index in [1.54, 1.807) is 0 Å². The fourth-order valence-electron chi connectivity index (χ4n) is 1.68. The molecule has 92 valence electrons. The molecule has 0 saturated carbocycles. The average molecular weight is 213 g/mol. The predicted octanol–water partition coefficient (Wildman–Crippen LogP) is 4.32. The molecule has 0 fully saturated rings. The lowest BCUT2D eigenvalue weighted by Gasteiger charge is -2.25. The minimum absolute atomic E-state index is 0.483. The van der Waals surface area contributed by atoms with Gasteiger partial charge in [-0.2, -0.15) is 0 Å². The summed E-state index contributed by atoms with van der Waals surface area (Å²) in [7, 11) is 0. The lowest BCUT2D eigenvalue weighted by molar-refractivity contribution is 0.232. The van der Waals surface area contributed by atoms with Crippen molar-refractivity contribution in [2.75, 3.05) is 19.6 Å². The minimum Gasteiger partial charge on any atom is -0.304 e. The Hall–Kier alpha value is -0.0400. The number of unbranched alkanes of at least 4 members (excludes halogenated alkanes) is 3. The molecule has 0 aromatic heterocycles. The van der Waals surface area contributed by atoms with Crippen LogP contribution in [0.4, 0.5) is 0 Å². The Balaban J connectivity index is 3.55. The monoisotopic (exact) mass is 213 g/mol. The van der Waals surface area contributed by atoms with E-state index in [9.17, 15) is 0 Å². The second-order valence-corrected chi connectivity index (χ2v) is 5.81. The normalized spacial score (nSPS) is 12.4. The van der Waals surface area contributed by atoms with Crippen molar-refractivity contribution in [1.82, 2.24) is 4.90 Å². The van der Waals surface area contributed by atoms with Crippen LogP contribution in [-0.4, -0.2) is 24.5 Å². The molecule has 0 rings (SSSR count). The van der Waals surface area contributed by atoms with Gasteiger partial charge in [0.1, 0.15) is 0 Å². The van der Waals surface area contributed by atoms with Crippen LogP contribution in [0.3, 0.4) is 0 Å². The maximum absolute atomic E-state index is 2.60. The molecule has 0 aliphatic rings. The van der Waals surface area contributed by atoms with Crippen molar-refractivity contribution >= 4 is 0 Å². The van der Waals surface area contributed by atoms with Gasteiger partial charge in [-0.25, -0.2) is 0 Å².